The SMILES string of the molecule is CCOC(=O)c1c(C)[nH]c(C(=O)[C@@H](C)[NH2+]C(C)(C)CC)c1C. The minimum absolute atomic E-state index is 0.00852. The lowest BCUT2D eigenvalue weighted by molar-refractivity contribution is -0.736. The van der Waals surface area contributed by atoms with Crippen LogP contribution in [0.3, 0.4) is 0 Å². The Morgan fingerprint density at radius 2 is 1.86 bits per heavy atom. The molecule has 124 valence electrons. The van der Waals surface area contributed by atoms with Gasteiger partial charge < -0.3 is 15.0 Å². The van der Waals surface area contributed by atoms with Gasteiger partial charge in [0.2, 0.25) is 5.78 Å². The van der Waals surface area contributed by atoms with Crippen LogP contribution in [-0.2, 0) is 4.74 Å². The average molecular weight is 309 g/mol. The molecule has 0 aliphatic heterocycles. The highest BCUT2D eigenvalue weighted by Gasteiger charge is 2.30. The second-order valence-corrected chi connectivity index (χ2v) is 6.51. The van der Waals surface area contributed by atoms with Crippen LogP contribution in [0.25, 0.3) is 0 Å². The number of hydrogen-bond acceptors (Lipinski definition) is 3. The molecule has 0 aromatic carbocycles. The van der Waals surface area contributed by atoms with Gasteiger partial charge >= 0.3 is 5.97 Å². The summed E-state index contributed by atoms with van der Waals surface area (Å²) < 4.78 is 5.06. The molecule has 0 bridgehead atoms. The highest BCUT2D eigenvalue weighted by Crippen LogP contribution is 2.20. The molecule has 0 unspecified atom stereocenters. The van der Waals surface area contributed by atoms with Crippen molar-refractivity contribution in [2.24, 2.45) is 0 Å². The number of ketones is 1. The number of aromatic amines is 1. The first kappa shape index (κ1) is 18.4. The summed E-state index contributed by atoms with van der Waals surface area (Å²) in [6, 6.07) is -0.207. The first-order chi connectivity index (χ1) is 10.1. The maximum absolute atomic E-state index is 12.7. The Balaban J connectivity index is 3.05. The Labute approximate surface area is 132 Å². The van der Waals surface area contributed by atoms with Crippen molar-refractivity contribution >= 4 is 11.8 Å². The molecular formula is C17H29N2O3+. The third kappa shape index (κ3) is 3.97. The highest BCUT2D eigenvalue weighted by molar-refractivity contribution is 6.03. The minimum Gasteiger partial charge on any atom is -0.462 e. The smallest absolute Gasteiger partial charge is 0.340 e. The van der Waals surface area contributed by atoms with Gasteiger partial charge in [-0.15, -0.1) is 0 Å². The van der Waals surface area contributed by atoms with Gasteiger partial charge in [0, 0.05) is 5.69 Å². The summed E-state index contributed by atoms with van der Waals surface area (Å²) in [6.45, 7) is 13.9. The van der Waals surface area contributed by atoms with Gasteiger partial charge in [0.25, 0.3) is 0 Å². The number of H-pyrrole nitrogens is 1. The van der Waals surface area contributed by atoms with Crippen molar-refractivity contribution in [3.63, 3.8) is 0 Å². The third-order valence-corrected chi connectivity index (χ3v) is 4.19. The summed E-state index contributed by atoms with van der Waals surface area (Å²) >= 11 is 0. The number of nitrogens with one attached hydrogen (secondary N) is 1. The number of aryl methyl sites for hydroxylation is 1. The number of rotatable bonds is 7. The monoisotopic (exact) mass is 309 g/mol. The van der Waals surface area contributed by atoms with Gasteiger partial charge in [-0.3, -0.25) is 4.79 Å². The Kier molecular flexibility index (Phi) is 5.94. The third-order valence-electron chi connectivity index (χ3n) is 4.19. The maximum Gasteiger partial charge on any atom is 0.340 e. The Morgan fingerprint density at radius 3 is 2.36 bits per heavy atom. The molecule has 5 nitrogen and oxygen atoms in total. The molecule has 0 aliphatic carbocycles. The van der Waals surface area contributed by atoms with Gasteiger partial charge in [0.05, 0.1) is 23.4 Å². The summed E-state index contributed by atoms with van der Waals surface area (Å²) in [4.78, 5) is 27.8. The topological polar surface area (TPSA) is 75.8 Å². The van der Waals surface area contributed by atoms with Crippen molar-refractivity contribution in [2.45, 2.75) is 66.5 Å². The number of aromatic nitrogens is 1. The van der Waals surface area contributed by atoms with E-state index in [1.165, 1.54) is 0 Å². The molecule has 1 aromatic rings. The summed E-state index contributed by atoms with van der Waals surface area (Å²) in [5.41, 5.74) is 2.36. The van der Waals surface area contributed by atoms with Crippen molar-refractivity contribution in [1.82, 2.24) is 4.98 Å². The van der Waals surface area contributed by atoms with Crippen LogP contribution in [0.2, 0.25) is 0 Å². The second kappa shape index (κ2) is 7.09. The van der Waals surface area contributed by atoms with Gasteiger partial charge in [-0.05, 0) is 53.5 Å². The molecule has 22 heavy (non-hydrogen) atoms. The van der Waals surface area contributed by atoms with Crippen LogP contribution in [0.4, 0.5) is 0 Å². The molecule has 3 N–H and O–H groups in total. The Morgan fingerprint density at radius 1 is 1.27 bits per heavy atom. The molecule has 0 fully saturated rings. The fraction of sp³-hybridized carbons (Fsp3) is 0.647. The lowest BCUT2D eigenvalue weighted by Gasteiger charge is -2.24. The maximum atomic E-state index is 12.7. The molecule has 0 saturated heterocycles. The number of quaternary nitrogens is 1. The number of ether oxygens (including phenoxy) is 1. The van der Waals surface area contributed by atoms with E-state index in [0.717, 1.165) is 6.42 Å². The van der Waals surface area contributed by atoms with E-state index in [-0.39, 0.29) is 23.3 Å². The zero-order valence-corrected chi connectivity index (χ0v) is 14.8. The summed E-state index contributed by atoms with van der Waals surface area (Å²) in [5, 5.41) is 2.08. The molecule has 0 amide bonds. The van der Waals surface area contributed by atoms with Gasteiger partial charge in [-0.1, -0.05) is 6.92 Å². The molecule has 0 saturated carbocycles. The van der Waals surface area contributed by atoms with Crippen LogP contribution >= 0.6 is 0 Å². The number of carbonyl (C=O) groups excluding carboxylic acids is 2. The van der Waals surface area contributed by atoms with Crippen LogP contribution in [0.1, 0.15) is 73.1 Å². The van der Waals surface area contributed by atoms with E-state index >= 15 is 0 Å². The molecule has 5 heteroatoms. The number of Topliss-reactive ketones (excluding diaryl/α,β-unsaturated/α-hetero) is 1. The Bertz CT molecular complexity index is 558. The van der Waals surface area contributed by atoms with E-state index < -0.39 is 0 Å². The molecule has 0 radical (unpaired) electrons. The lowest BCUT2D eigenvalue weighted by atomic mass is 9.98. The molecule has 0 spiro atoms. The molecule has 0 aliphatic rings. The van der Waals surface area contributed by atoms with E-state index in [1.807, 2.05) is 6.92 Å². The van der Waals surface area contributed by atoms with Crippen molar-refractivity contribution in [3.05, 3.63) is 22.5 Å². The number of esters is 1. The molecule has 1 atom stereocenters. The molecule has 1 heterocycles. The predicted octanol–water partition coefficient (Wildman–Crippen LogP) is 2.13. The van der Waals surface area contributed by atoms with E-state index in [2.05, 4.69) is 31.1 Å². The predicted molar refractivity (Wildman–Crippen MR) is 86.3 cm³/mol. The van der Waals surface area contributed by atoms with Crippen LogP contribution in [-0.4, -0.2) is 34.9 Å². The van der Waals surface area contributed by atoms with Crippen LogP contribution in [0, 0.1) is 13.8 Å². The zero-order valence-electron chi connectivity index (χ0n) is 14.8. The first-order valence-electron chi connectivity index (χ1n) is 7.91. The fourth-order valence-corrected chi connectivity index (χ4v) is 2.60. The van der Waals surface area contributed by atoms with Gasteiger partial charge in [-0.25, -0.2) is 4.79 Å². The van der Waals surface area contributed by atoms with Crippen molar-refractivity contribution in [3.8, 4) is 0 Å². The molecule has 1 aromatic heterocycles. The number of hydrogen-bond donors (Lipinski definition) is 2. The van der Waals surface area contributed by atoms with Crippen molar-refractivity contribution < 1.29 is 19.6 Å². The molecule has 1 rings (SSSR count). The van der Waals surface area contributed by atoms with Crippen LogP contribution in [0.15, 0.2) is 0 Å². The van der Waals surface area contributed by atoms with Gasteiger partial charge in [0.1, 0.15) is 6.04 Å². The largest absolute Gasteiger partial charge is 0.462 e. The van der Waals surface area contributed by atoms with Gasteiger partial charge in [0.15, 0.2) is 0 Å². The van der Waals surface area contributed by atoms with Crippen LogP contribution in [0.5, 0.6) is 0 Å². The van der Waals surface area contributed by atoms with Crippen LogP contribution < -0.4 is 5.32 Å². The van der Waals surface area contributed by atoms with E-state index in [9.17, 15) is 9.59 Å². The molecular weight excluding hydrogens is 280 g/mol. The fourth-order valence-electron chi connectivity index (χ4n) is 2.60. The quantitative estimate of drug-likeness (QED) is 0.598. The van der Waals surface area contributed by atoms with E-state index in [4.69, 9.17) is 4.74 Å². The van der Waals surface area contributed by atoms with E-state index in [0.29, 0.717) is 29.1 Å². The number of nitrogens with two attached hydrogens (primary N) is 1. The van der Waals surface area contributed by atoms with Gasteiger partial charge in [-0.2, -0.15) is 0 Å². The van der Waals surface area contributed by atoms with E-state index in [1.54, 1.807) is 20.8 Å². The zero-order chi connectivity index (χ0) is 17.1. The number of carbonyl (C=O) groups is 2. The lowest BCUT2D eigenvalue weighted by Crippen LogP contribution is -3.00. The summed E-state index contributed by atoms with van der Waals surface area (Å²) in [7, 11) is 0. The van der Waals surface area contributed by atoms with Crippen molar-refractivity contribution in [2.75, 3.05) is 6.61 Å². The Hall–Kier alpha value is -1.62. The average Bonchev–Trinajstić information content (AvgIpc) is 2.73. The summed E-state index contributed by atoms with van der Waals surface area (Å²) in [5.74, 6) is -0.365. The second-order valence-electron chi connectivity index (χ2n) is 6.51. The highest BCUT2D eigenvalue weighted by atomic mass is 16.5. The van der Waals surface area contributed by atoms with Crippen molar-refractivity contribution in [1.29, 1.82) is 0 Å². The minimum atomic E-state index is -0.377. The first-order valence-corrected chi connectivity index (χ1v) is 7.91. The summed E-state index contributed by atoms with van der Waals surface area (Å²) in [6.07, 6.45) is 0.974. The normalized spacial score (nSPS) is 13.0. The standard InChI is InChI=1S/C17H28N2O3/c1-8-17(6,7)19-12(5)15(20)14-10(3)13(11(4)18-14)16(21)22-9-2/h12,18-19H,8-9H2,1-7H3/p+1/t12-/m1/s1.